The number of aryl methyl sites for hydroxylation is 1. The number of aromatic nitrogens is 2. The fourth-order valence-electron chi connectivity index (χ4n) is 3.83. The maximum absolute atomic E-state index is 12.7. The lowest BCUT2D eigenvalue weighted by atomic mass is 10.1. The topological polar surface area (TPSA) is 122 Å². The van der Waals surface area contributed by atoms with Gasteiger partial charge in [0.25, 0.3) is 5.91 Å². The fraction of sp³-hybridized carbons (Fsp3) is 0.115. The van der Waals surface area contributed by atoms with Crippen molar-refractivity contribution in [3.63, 3.8) is 0 Å². The molecule has 0 bridgehead atoms. The van der Waals surface area contributed by atoms with Gasteiger partial charge in [-0.1, -0.05) is 6.07 Å². The molecule has 3 heterocycles. The third-order valence-corrected chi connectivity index (χ3v) is 6.57. The Kier molecular flexibility index (Phi) is 6.17. The minimum absolute atomic E-state index is 0.112. The summed E-state index contributed by atoms with van der Waals surface area (Å²) >= 11 is 1.53. The van der Waals surface area contributed by atoms with E-state index in [0.717, 1.165) is 26.8 Å². The zero-order chi connectivity index (χ0) is 25.2. The van der Waals surface area contributed by atoms with E-state index in [0.29, 0.717) is 17.1 Å². The summed E-state index contributed by atoms with van der Waals surface area (Å²) < 4.78 is 5.59. The summed E-state index contributed by atoms with van der Waals surface area (Å²) in [5.74, 6) is -1.33. The maximum Gasteiger partial charge on any atom is 0.335 e. The van der Waals surface area contributed by atoms with Crippen molar-refractivity contribution < 1.29 is 24.2 Å². The van der Waals surface area contributed by atoms with Gasteiger partial charge in [-0.2, -0.15) is 0 Å². The molecule has 36 heavy (non-hydrogen) atoms. The molecule has 2 N–H and O–H groups in total. The van der Waals surface area contributed by atoms with Gasteiger partial charge in [0.15, 0.2) is 6.61 Å². The van der Waals surface area contributed by atoms with E-state index in [-0.39, 0.29) is 24.6 Å². The lowest BCUT2D eigenvalue weighted by Gasteiger charge is -2.29. The number of thiazole rings is 1. The van der Waals surface area contributed by atoms with E-state index in [1.54, 1.807) is 18.3 Å². The lowest BCUT2D eigenvalue weighted by Crippen LogP contribution is -2.43. The zero-order valence-electron chi connectivity index (χ0n) is 19.1. The molecule has 0 unspecified atom stereocenters. The second kappa shape index (κ2) is 9.59. The first-order chi connectivity index (χ1) is 17.4. The number of hydrogen-bond donors (Lipinski definition) is 2. The van der Waals surface area contributed by atoms with Crippen molar-refractivity contribution in [3.8, 4) is 27.7 Å². The van der Waals surface area contributed by atoms with Crippen LogP contribution in [0.3, 0.4) is 0 Å². The standard InChI is InChI=1S/C26H20N4O5S/c1-15-24(29-25(36-15)19-4-2-3-11-27-19)17-7-10-21-20(12-17)30(23(32)14-35-21)13-22(31)28-18-8-5-16(6-9-18)26(33)34/h2-12H,13-14H2,1H3,(H,28,31)(H,33,34). The number of nitrogens with one attached hydrogen (secondary N) is 1. The smallest absolute Gasteiger partial charge is 0.335 e. The second-order valence-corrected chi connectivity index (χ2v) is 9.22. The average molecular weight is 501 g/mol. The number of nitrogens with zero attached hydrogens (tertiary/aromatic N) is 3. The highest BCUT2D eigenvalue weighted by Crippen LogP contribution is 2.39. The monoisotopic (exact) mass is 500 g/mol. The molecule has 1 aliphatic rings. The van der Waals surface area contributed by atoms with E-state index in [9.17, 15) is 14.4 Å². The van der Waals surface area contributed by atoms with E-state index in [1.165, 1.54) is 40.5 Å². The number of ether oxygens (including phenoxy) is 1. The number of pyridine rings is 1. The first-order valence-electron chi connectivity index (χ1n) is 11.0. The molecule has 0 saturated carbocycles. The van der Waals surface area contributed by atoms with E-state index in [4.69, 9.17) is 14.8 Å². The molecule has 2 amide bonds. The van der Waals surface area contributed by atoms with Crippen LogP contribution in [-0.4, -0.2) is 46.0 Å². The highest BCUT2D eigenvalue weighted by molar-refractivity contribution is 7.15. The van der Waals surface area contributed by atoms with Crippen LogP contribution >= 0.6 is 11.3 Å². The number of carboxylic acid groups (broad SMARTS) is 1. The van der Waals surface area contributed by atoms with Crippen LogP contribution in [-0.2, 0) is 9.59 Å². The van der Waals surface area contributed by atoms with E-state index in [1.807, 2.05) is 31.2 Å². The number of rotatable bonds is 6. The van der Waals surface area contributed by atoms with Crippen molar-refractivity contribution in [2.45, 2.75) is 6.92 Å². The van der Waals surface area contributed by atoms with Gasteiger partial charge in [-0.05, 0) is 61.5 Å². The molecule has 5 rings (SSSR count). The van der Waals surface area contributed by atoms with Crippen LogP contribution in [0.5, 0.6) is 5.75 Å². The molecule has 180 valence electrons. The summed E-state index contributed by atoms with van der Waals surface area (Å²) in [6.07, 6.45) is 1.72. The largest absolute Gasteiger partial charge is 0.482 e. The van der Waals surface area contributed by atoms with Crippen LogP contribution in [0.2, 0.25) is 0 Å². The van der Waals surface area contributed by atoms with Crippen molar-refractivity contribution in [1.82, 2.24) is 9.97 Å². The molecule has 9 nitrogen and oxygen atoms in total. The van der Waals surface area contributed by atoms with Gasteiger partial charge >= 0.3 is 5.97 Å². The van der Waals surface area contributed by atoms with Crippen molar-refractivity contribution in [3.05, 3.63) is 77.3 Å². The summed E-state index contributed by atoms with van der Waals surface area (Å²) in [5.41, 5.74) is 3.36. The summed E-state index contributed by atoms with van der Waals surface area (Å²) in [5, 5.41) is 12.5. The minimum Gasteiger partial charge on any atom is -0.482 e. The van der Waals surface area contributed by atoms with Crippen LogP contribution in [0.25, 0.3) is 22.0 Å². The van der Waals surface area contributed by atoms with E-state index in [2.05, 4.69) is 10.3 Å². The first-order valence-corrected chi connectivity index (χ1v) is 11.8. The van der Waals surface area contributed by atoms with Crippen molar-refractivity contribution in [2.75, 3.05) is 23.4 Å². The Morgan fingerprint density at radius 1 is 1.14 bits per heavy atom. The third-order valence-electron chi connectivity index (χ3n) is 5.57. The third kappa shape index (κ3) is 4.66. The van der Waals surface area contributed by atoms with Crippen molar-refractivity contribution in [1.29, 1.82) is 0 Å². The van der Waals surface area contributed by atoms with Crippen LogP contribution < -0.4 is 15.0 Å². The number of amides is 2. The Bertz CT molecular complexity index is 1470. The maximum atomic E-state index is 12.7. The average Bonchev–Trinajstić information content (AvgIpc) is 3.28. The molecule has 2 aromatic carbocycles. The number of carbonyl (C=O) groups excluding carboxylic acids is 2. The highest BCUT2D eigenvalue weighted by atomic mass is 32.1. The van der Waals surface area contributed by atoms with Gasteiger partial charge in [-0.25, -0.2) is 9.78 Å². The number of benzene rings is 2. The van der Waals surface area contributed by atoms with Crippen LogP contribution in [0.15, 0.2) is 66.9 Å². The minimum atomic E-state index is -1.05. The van der Waals surface area contributed by atoms with Gasteiger partial charge in [0.05, 0.1) is 22.6 Å². The molecule has 0 saturated heterocycles. The molecule has 10 heteroatoms. The molecule has 2 aromatic heterocycles. The molecular formula is C26H20N4O5S. The Morgan fingerprint density at radius 3 is 2.67 bits per heavy atom. The number of carbonyl (C=O) groups is 3. The van der Waals surface area contributed by atoms with Gasteiger partial charge in [0.2, 0.25) is 5.91 Å². The molecule has 4 aromatic rings. The molecule has 0 atom stereocenters. The molecular weight excluding hydrogens is 480 g/mol. The predicted molar refractivity (Wildman–Crippen MR) is 135 cm³/mol. The van der Waals surface area contributed by atoms with Gasteiger partial charge in [-0.15, -0.1) is 11.3 Å². The Balaban J connectivity index is 1.40. The SMILES string of the molecule is Cc1sc(-c2ccccn2)nc1-c1ccc2c(c1)N(CC(=O)Nc1ccc(C(=O)O)cc1)C(=O)CO2. The normalized spacial score (nSPS) is 12.6. The number of aromatic carboxylic acids is 1. The molecule has 0 radical (unpaired) electrons. The zero-order valence-corrected chi connectivity index (χ0v) is 19.9. The molecule has 1 aliphatic heterocycles. The predicted octanol–water partition coefficient (Wildman–Crippen LogP) is 4.24. The van der Waals surface area contributed by atoms with Gasteiger partial charge in [-0.3, -0.25) is 19.5 Å². The van der Waals surface area contributed by atoms with Crippen molar-refractivity contribution >= 4 is 40.5 Å². The number of carboxylic acids is 1. The first kappa shape index (κ1) is 23.2. The van der Waals surface area contributed by atoms with Gasteiger partial charge in [0.1, 0.15) is 17.3 Å². The molecule has 0 spiro atoms. The summed E-state index contributed by atoms with van der Waals surface area (Å²) in [4.78, 5) is 48.0. The lowest BCUT2D eigenvalue weighted by molar-refractivity contribution is -0.123. The number of hydrogen-bond acceptors (Lipinski definition) is 7. The highest BCUT2D eigenvalue weighted by Gasteiger charge is 2.28. The summed E-state index contributed by atoms with van der Waals surface area (Å²) in [6.45, 7) is 1.57. The van der Waals surface area contributed by atoms with Crippen LogP contribution in [0.4, 0.5) is 11.4 Å². The Labute approximate surface area is 210 Å². The van der Waals surface area contributed by atoms with Gasteiger partial charge in [0, 0.05) is 22.3 Å². The fourth-order valence-corrected chi connectivity index (χ4v) is 4.74. The summed E-state index contributed by atoms with van der Waals surface area (Å²) in [6, 6.07) is 16.9. The second-order valence-electron chi connectivity index (χ2n) is 8.02. The van der Waals surface area contributed by atoms with Crippen LogP contribution in [0.1, 0.15) is 15.2 Å². The van der Waals surface area contributed by atoms with E-state index < -0.39 is 11.9 Å². The quantitative estimate of drug-likeness (QED) is 0.406. The van der Waals surface area contributed by atoms with Crippen LogP contribution in [0, 0.1) is 6.92 Å². The number of fused-ring (bicyclic) bond motifs is 1. The molecule has 0 aliphatic carbocycles. The van der Waals surface area contributed by atoms with Crippen molar-refractivity contribution in [2.24, 2.45) is 0 Å². The molecule has 0 fully saturated rings. The Hall–Kier alpha value is -4.57. The Morgan fingerprint density at radius 2 is 1.94 bits per heavy atom. The van der Waals surface area contributed by atoms with E-state index >= 15 is 0 Å². The summed E-state index contributed by atoms with van der Waals surface area (Å²) in [7, 11) is 0. The number of anilines is 2. The van der Waals surface area contributed by atoms with Gasteiger partial charge < -0.3 is 15.2 Å².